The molecule has 0 saturated heterocycles. The van der Waals surface area contributed by atoms with E-state index in [1.165, 1.54) is 6.92 Å². The van der Waals surface area contributed by atoms with Crippen molar-refractivity contribution in [1.29, 1.82) is 0 Å². The van der Waals surface area contributed by atoms with Gasteiger partial charge in [0.25, 0.3) is 0 Å². The van der Waals surface area contributed by atoms with Gasteiger partial charge in [0.2, 0.25) is 0 Å². The molecule has 0 aliphatic heterocycles. The Kier molecular flexibility index (Phi) is 8.55. The summed E-state index contributed by atoms with van der Waals surface area (Å²) in [7, 11) is 0. The molecule has 0 amide bonds. The summed E-state index contributed by atoms with van der Waals surface area (Å²) in [6.45, 7) is 6.10. The van der Waals surface area contributed by atoms with E-state index in [0.29, 0.717) is 30.3 Å². The van der Waals surface area contributed by atoms with E-state index in [0.717, 1.165) is 38.9 Å². The van der Waals surface area contributed by atoms with Crippen molar-refractivity contribution in [1.82, 2.24) is 9.88 Å². The minimum absolute atomic E-state index is 0.146. The summed E-state index contributed by atoms with van der Waals surface area (Å²) in [4.78, 5) is 11.6. The lowest BCUT2D eigenvalue weighted by Crippen LogP contribution is -2.22. The summed E-state index contributed by atoms with van der Waals surface area (Å²) in [5.74, 6) is -0.995. The van der Waals surface area contributed by atoms with Crippen molar-refractivity contribution in [3.05, 3.63) is 130 Å². The smallest absolute Gasteiger partial charge is 0.416 e. The molecule has 234 valence electrons. The standard InChI is InChI=1S/C35H30F6N2O2/c1-20-22(3)43(19-23-8-11-25(12-9-23)27-6-4-5-7-28(27)33(44)45)32-15-10-24(16-29(20)32)18-42-21(2)30-17-26(34(36,37)38)13-14-31(30)35(39,40)41/h4-17,21,42H,18-19H2,1-3H3,(H,44,45). The number of carbonyl (C=O) groups is 1. The lowest BCUT2D eigenvalue weighted by molar-refractivity contribution is -0.142. The Morgan fingerprint density at radius 1 is 0.844 bits per heavy atom. The van der Waals surface area contributed by atoms with Crippen LogP contribution in [0.25, 0.3) is 22.0 Å². The third-order valence-electron chi connectivity index (χ3n) is 8.23. The first-order valence-electron chi connectivity index (χ1n) is 14.2. The molecule has 10 heteroatoms. The Bertz CT molecular complexity index is 1870. The highest BCUT2D eigenvalue weighted by Gasteiger charge is 2.38. The van der Waals surface area contributed by atoms with Crippen LogP contribution in [0.2, 0.25) is 0 Å². The van der Waals surface area contributed by atoms with E-state index in [1.54, 1.807) is 24.3 Å². The number of fused-ring (bicyclic) bond motifs is 1. The highest BCUT2D eigenvalue weighted by molar-refractivity contribution is 5.96. The topological polar surface area (TPSA) is 54.3 Å². The normalized spacial score (nSPS) is 12.9. The first-order chi connectivity index (χ1) is 21.1. The molecule has 0 aliphatic carbocycles. The van der Waals surface area contributed by atoms with Gasteiger partial charge in [-0.15, -0.1) is 0 Å². The van der Waals surface area contributed by atoms with Crippen LogP contribution in [0.3, 0.4) is 0 Å². The second kappa shape index (κ2) is 12.1. The van der Waals surface area contributed by atoms with Gasteiger partial charge in [0.05, 0.1) is 16.7 Å². The second-order valence-corrected chi connectivity index (χ2v) is 11.1. The van der Waals surface area contributed by atoms with E-state index < -0.39 is 41.1 Å². The third kappa shape index (κ3) is 6.61. The van der Waals surface area contributed by atoms with Gasteiger partial charge in [0.15, 0.2) is 0 Å². The van der Waals surface area contributed by atoms with E-state index >= 15 is 0 Å². The zero-order valence-corrected chi connectivity index (χ0v) is 24.6. The zero-order chi connectivity index (χ0) is 32.7. The minimum Gasteiger partial charge on any atom is -0.478 e. The van der Waals surface area contributed by atoms with Crippen LogP contribution in [-0.2, 0) is 25.4 Å². The number of rotatable bonds is 8. The number of benzene rings is 4. The lowest BCUT2D eigenvalue weighted by Gasteiger charge is -2.21. The van der Waals surface area contributed by atoms with Gasteiger partial charge in [-0.2, -0.15) is 26.3 Å². The minimum atomic E-state index is -4.80. The predicted octanol–water partition coefficient (Wildman–Crippen LogP) is 9.56. The number of nitrogens with one attached hydrogen (secondary N) is 1. The van der Waals surface area contributed by atoms with Crippen molar-refractivity contribution >= 4 is 16.9 Å². The number of hydrogen-bond acceptors (Lipinski definition) is 2. The monoisotopic (exact) mass is 624 g/mol. The average Bonchev–Trinajstić information content (AvgIpc) is 3.23. The molecule has 1 atom stereocenters. The molecule has 1 aromatic heterocycles. The molecule has 0 aliphatic rings. The number of aromatic nitrogens is 1. The number of aromatic carboxylic acids is 1. The molecule has 45 heavy (non-hydrogen) atoms. The van der Waals surface area contributed by atoms with Gasteiger partial charge >= 0.3 is 18.3 Å². The van der Waals surface area contributed by atoms with Crippen molar-refractivity contribution in [2.24, 2.45) is 0 Å². The fourth-order valence-corrected chi connectivity index (χ4v) is 5.64. The molecule has 4 nitrogen and oxygen atoms in total. The molecule has 0 radical (unpaired) electrons. The second-order valence-electron chi connectivity index (χ2n) is 11.1. The molecule has 5 aromatic rings. The summed E-state index contributed by atoms with van der Waals surface area (Å²) in [6.07, 6.45) is -9.56. The Balaban J connectivity index is 1.36. The lowest BCUT2D eigenvalue weighted by atomic mass is 9.97. The van der Waals surface area contributed by atoms with Crippen LogP contribution < -0.4 is 5.32 Å². The number of carboxylic acid groups (broad SMARTS) is 1. The van der Waals surface area contributed by atoms with Crippen molar-refractivity contribution < 1.29 is 36.2 Å². The van der Waals surface area contributed by atoms with E-state index in [1.807, 2.05) is 56.3 Å². The summed E-state index contributed by atoms with van der Waals surface area (Å²) >= 11 is 0. The zero-order valence-electron chi connectivity index (χ0n) is 24.6. The molecular weight excluding hydrogens is 594 g/mol. The molecule has 1 heterocycles. The Labute approximate surface area is 255 Å². The maximum Gasteiger partial charge on any atom is 0.416 e. The molecule has 2 N–H and O–H groups in total. The first kappa shape index (κ1) is 31.8. The number of nitrogens with zero attached hydrogens (tertiary/aromatic N) is 1. The number of halogens is 6. The van der Waals surface area contributed by atoms with E-state index in [-0.39, 0.29) is 12.1 Å². The van der Waals surface area contributed by atoms with Crippen LogP contribution in [0, 0.1) is 13.8 Å². The van der Waals surface area contributed by atoms with Gasteiger partial charge in [-0.05, 0) is 90.6 Å². The molecule has 4 aromatic carbocycles. The fraction of sp³-hybridized carbons (Fsp3) is 0.229. The van der Waals surface area contributed by atoms with Crippen LogP contribution >= 0.6 is 0 Å². The highest BCUT2D eigenvalue weighted by Crippen LogP contribution is 2.39. The van der Waals surface area contributed by atoms with Crippen molar-refractivity contribution in [2.45, 2.75) is 52.3 Å². The van der Waals surface area contributed by atoms with E-state index in [9.17, 15) is 36.2 Å². The largest absolute Gasteiger partial charge is 0.478 e. The number of hydrogen-bond donors (Lipinski definition) is 2. The third-order valence-corrected chi connectivity index (χ3v) is 8.23. The predicted molar refractivity (Wildman–Crippen MR) is 161 cm³/mol. The first-order valence-corrected chi connectivity index (χ1v) is 14.2. The van der Waals surface area contributed by atoms with Gasteiger partial charge in [-0.3, -0.25) is 0 Å². The van der Waals surface area contributed by atoms with Gasteiger partial charge in [-0.1, -0.05) is 48.5 Å². The van der Waals surface area contributed by atoms with Crippen LogP contribution in [0.1, 0.15) is 62.4 Å². The van der Waals surface area contributed by atoms with E-state index in [2.05, 4.69) is 9.88 Å². The van der Waals surface area contributed by atoms with Crippen LogP contribution in [-0.4, -0.2) is 15.6 Å². The molecular formula is C35H30F6N2O2. The molecule has 0 bridgehead atoms. The number of aryl methyl sites for hydroxylation is 1. The van der Waals surface area contributed by atoms with E-state index in [4.69, 9.17) is 0 Å². The molecule has 0 saturated carbocycles. The van der Waals surface area contributed by atoms with Crippen molar-refractivity contribution in [3.8, 4) is 11.1 Å². The Morgan fingerprint density at radius 2 is 1.51 bits per heavy atom. The Hall–Kier alpha value is -4.57. The maximum atomic E-state index is 13.6. The van der Waals surface area contributed by atoms with Crippen molar-refractivity contribution in [3.63, 3.8) is 0 Å². The fourth-order valence-electron chi connectivity index (χ4n) is 5.64. The highest BCUT2D eigenvalue weighted by atomic mass is 19.4. The van der Waals surface area contributed by atoms with Gasteiger partial charge in [0.1, 0.15) is 0 Å². The summed E-state index contributed by atoms with van der Waals surface area (Å²) in [6, 6.07) is 20.7. The summed E-state index contributed by atoms with van der Waals surface area (Å²) in [5, 5.41) is 13.5. The molecule has 1 unspecified atom stereocenters. The average molecular weight is 625 g/mol. The molecule has 5 rings (SSSR count). The number of carboxylic acids is 1. The van der Waals surface area contributed by atoms with Gasteiger partial charge in [-0.25, -0.2) is 4.79 Å². The maximum absolute atomic E-state index is 13.6. The number of alkyl halides is 6. The Morgan fingerprint density at radius 3 is 2.16 bits per heavy atom. The van der Waals surface area contributed by atoms with Crippen LogP contribution in [0.15, 0.2) is 84.9 Å². The van der Waals surface area contributed by atoms with Gasteiger partial charge < -0.3 is 15.0 Å². The van der Waals surface area contributed by atoms with Crippen LogP contribution in [0.4, 0.5) is 26.3 Å². The molecule has 0 fully saturated rings. The molecule has 0 spiro atoms. The van der Waals surface area contributed by atoms with Crippen LogP contribution in [0.5, 0.6) is 0 Å². The SMILES string of the molecule is Cc1c(C)n(Cc2ccc(-c3ccccc3C(=O)O)cc2)c2ccc(CNC(C)c3cc(C(F)(F)F)ccc3C(F)(F)F)cc12. The summed E-state index contributed by atoms with van der Waals surface area (Å²) in [5.41, 5.74) is 3.75. The quantitative estimate of drug-likeness (QED) is 0.169. The summed E-state index contributed by atoms with van der Waals surface area (Å²) < 4.78 is 82.9. The van der Waals surface area contributed by atoms with Crippen molar-refractivity contribution in [2.75, 3.05) is 0 Å². The van der Waals surface area contributed by atoms with Gasteiger partial charge in [0, 0.05) is 35.7 Å².